The van der Waals surface area contributed by atoms with Crippen LogP contribution in [0.5, 0.6) is 0 Å². The van der Waals surface area contributed by atoms with Crippen LogP contribution in [-0.2, 0) is 12.3 Å². The maximum Gasteiger partial charge on any atom is 0.274 e. The molecule has 33 heavy (non-hydrogen) atoms. The van der Waals surface area contributed by atoms with Gasteiger partial charge in [0.05, 0.1) is 17.0 Å². The molecule has 4 heterocycles. The first-order valence-electron chi connectivity index (χ1n) is 11.0. The summed E-state index contributed by atoms with van der Waals surface area (Å²) in [6, 6.07) is 4.23. The predicted octanol–water partition coefficient (Wildman–Crippen LogP) is 3.88. The van der Waals surface area contributed by atoms with Crippen LogP contribution in [0.25, 0.3) is 17.1 Å². The molecule has 2 N–H and O–H groups in total. The van der Waals surface area contributed by atoms with Gasteiger partial charge in [0.2, 0.25) is 17.7 Å². The van der Waals surface area contributed by atoms with E-state index in [2.05, 4.69) is 42.6 Å². The van der Waals surface area contributed by atoms with Crippen LogP contribution in [0.4, 0.5) is 14.7 Å². The van der Waals surface area contributed by atoms with Crippen LogP contribution in [0.15, 0.2) is 28.9 Å². The summed E-state index contributed by atoms with van der Waals surface area (Å²) in [6.45, 7) is 5.50. The largest absolute Gasteiger partial charge is 0.350 e. The summed E-state index contributed by atoms with van der Waals surface area (Å²) in [5, 5.41) is 10.6. The Balaban J connectivity index is 1.48. The predicted molar refractivity (Wildman–Crippen MR) is 119 cm³/mol. The third-order valence-corrected chi connectivity index (χ3v) is 6.03. The second-order valence-corrected chi connectivity index (χ2v) is 8.72. The summed E-state index contributed by atoms with van der Waals surface area (Å²) in [5.41, 5.74) is 2.74. The molecule has 1 saturated heterocycles. The number of nitrogens with zero attached hydrogens (tertiary/aromatic N) is 5. The fraction of sp³-hybridized carbons (Fsp3) is 0.435. The molecule has 0 bridgehead atoms. The Morgan fingerprint density at radius 2 is 2.03 bits per heavy atom. The van der Waals surface area contributed by atoms with Gasteiger partial charge >= 0.3 is 0 Å². The van der Waals surface area contributed by atoms with Gasteiger partial charge in [-0.25, -0.2) is 23.7 Å². The maximum absolute atomic E-state index is 14.5. The van der Waals surface area contributed by atoms with Gasteiger partial charge in [0.25, 0.3) is 5.92 Å². The molecule has 172 valence electrons. The van der Waals surface area contributed by atoms with Gasteiger partial charge < -0.3 is 15.2 Å². The quantitative estimate of drug-likeness (QED) is 0.600. The van der Waals surface area contributed by atoms with Crippen LogP contribution in [0, 0.1) is 6.92 Å². The number of piperidine rings is 1. The van der Waals surface area contributed by atoms with E-state index < -0.39 is 5.92 Å². The Kier molecular flexibility index (Phi) is 5.40. The number of nitrogens with one attached hydrogen (secondary N) is 2. The molecule has 0 saturated carbocycles. The number of anilines is 1. The number of allylic oxidation sites excluding steroid dienone is 1. The Labute approximate surface area is 189 Å². The first kappa shape index (κ1) is 21.6. The molecule has 3 aromatic heterocycles. The average Bonchev–Trinajstić information content (AvgIpc) is 3.40. The average molecular weight is 453 g/mol. The lowest BCUT2D eigenvalue weighted by Crippen LogP contribution is -2.43. The molecule has 0 aromatic carbocycles. The van der Waals surface area contributed by atoms with Crippen LogP contribution in [0.3, 0.4) is 0 Å². The SMILES string of the molecule is Cc1nc(-c2ccc3c(n2)CC=C3c2nc(N[C@H]3CC[C@H](C)NC3)ncc2C(C)(F)F)no1. The molecule has 0 unspecified atom stereocenters. The van der Waals surface area contributed by atoms with Crippen molar-refractivity contribution >= 4 is 11.5 Å². The number of fused-ring (bicyclic) bond motifs is 1. The monoisotopic (exact) mass is 453 g/mol. The van der Waals surface area contributed by atoms with Crippen molar-refractivity contribution in [2.45, 2.75) is 58.0 Å². The highest BCUT2D eigenvalue weighted by molar-refractivity contribution is 5.84. The smallest absolute Gasteiger partial charge is 0.274 e. The highest BCUT2D eigenvalue weighted by Crippen LogP contribution is 2.38. The minimum Gasteiger partial charge on any atom is -0.350 e. The van der Waals surface area contributed by atoms with Crippen molar-refractivity contribution in [1.29, 1.82) is 0 Å². The zero-order valence-corrected chi connectivity index (χ0v) is 18.7. The van der Waals surface area contributed by atoms with Crippen LogP contribution >= 0.6 is 0 Å². The summed E-state index contributed by atoms with van der Waals surface area (Å²) in [6.07, 6.45) is 5.61. The van der Waals surface area contributed by atoms with E-state index in [0.29, 0.717) is 41.4 Å². The standard InChI is InChI=1S/C23H25F2N7O/c1-12-4-5-14(10-26-12)29-22-27-11-17(23(3,24)25)20(31-22)16-7-8-18-15(16)6-9-19(30-18)21-28-13(2)33-32-21/h6-7,9,11-12,14,26H,4-5,8,10H2,1-3H3,(H,27,29,31)/t12-,14-/m0/s1. The van der Waals surface area contributed by atoms with Crippen molar-refractivity contribution in [3.8, 4) is 11.5 Å². The summed E-state index contributed by atoms with van der Waals surface area (Å²) in [7, 11) is 0. The third-order valence-electron chi connectivity index (χ3n) is 6.03. The number of aromatic nitrogens is 5. The van der Waals surface area contributed by atoms with Gasteiger partial charge in [0, 0.05) is 56.2 Å². The van der Waals surface area contributed by atoms with Gasteiger partial charge in [-0.2, -0.15) is 4.98 Å². The summed E-state index contributed by atoms with van der Waals surface area (Å²) < 4.78 is 34.0. The fourth-order valence-corrected chi connectivity index (χ4v) is 4.25. The molecule has 1 aliphatic carbocycles. The van der Waals surface area contributed by atoms with Crippen molar-refractivity contribution in [3.05, 3.63) is 52.8 Å². The molecule has 8 nitrogen and oxygen atoms in total. The van der Waals surface area contributed by atoms with E-state index in [0.717, 1.165) is 37.6 Å². The van der Waals surface area contributed by atoms with Gasteiger partial charge in [0.1, 0.15) is 5.69 Å². The van der Waals surface area contributed by atoms with Crippen LogP contribution in [0.1, 0.15) is 55.1 Å². The van der Waals surface area contributed by atoms with Crippen LogP contribution < -0.4 is 10.6 Å². The van der Waals surface area contributed by atoms with Gasteiger partial charge in [-0.1, -0.05) is 17.3 Å². The molecule has 10 heteroatoms. The van der Waals surface area contributed by atoms with Crippen molar-refractivity contribution in [2.75, 3.05) is 11.9 Å². The number of alkyl halides is 2. The minimum absolute atomic E-state index is 0.148. The number of halogens is 2. The number of aryl methyl sites for hydroxylation is 1. The lowest BCUT2D eigenvalue weighted by molar-refractivity contribution is 0.0165. The Hall–Kier alpha value is -3.27. The van der Waals surface area contributed by atoms with Gasteiger partial charge in [-0.05, 0) is 25.8 Å². The molecule has 3 aromatic rings. The highest BCUT2D eigenvalue weighted by Gasteiger charge is 2.33. The molecular weight excluding hydrogens is 428 g/mol. The molecular formula is C23H25F2N7O. The van der Waals surface area contributed by atoms with Gasteiger partial charge in [0.15, 0.2) is 0 Å². The Morgan fingerprint density at radius 3 is 2.73 bits per heavy atom. The molecule has 2 aliphatic rings. The van der Waals surface area contributed by atoms with Crippen molar-refractivity contribution < 1.29 is 13.3 Å². The lowest BCUT2D eigenvalue weighted by atomic mass is 9.99. The third kappa shape index (κ3) is 4.35. The zero-order chi connectivity index (χ0) is 23.2. The molecule has 5 rings (SSSR count). The molecule has 0 amide bonds. The van der Waals surface area contributed by atoms with Crippen LogP contribution in [-0.4, -0.2) is 43.7 Å². The van der Waals surface area contributed by atoms with Crippen LogP contribution in [0.2, 0.25) is 0 Å². The number of rotatable bonds is 5. The molecule has 0 radical (unpaired) electrons. The first-order valence-corrected chi connectivity index (χ1v) is 11.0. The fourth-order valence-electron chi connectivity index (χ4n) is 4.25. The highest BCUT2D eigenvalue weighted by atomic mass is 19.3. The molecule has 0 spiro atoms. The van der Waals surface area contributed by atoms with E-state index in [1.165, 1.54) is 6.20 Å². The lowest BCUT2D eigenvalue weighted by Gasteiger charge is -2.28. The maximum atomic E-state index is 14.5. The second-order valence-electron chi connectivity index (χ2n) is 8.72. The normalized spacial score (nSPS) is 20.5. The van der Waals surface area contributed by atoms with Crippen molar-refractivity contribution in [1.82, 2.24) is 30.4 Å². The summed E-state index contributed by atoms with van der Waals surface area (Å²) in [4.78, 5) is 17.6. The van der Waals surface area contributed by atoms with E-state index in [-0.39, 0.29) is 17.3 Å². The summed E-state index contributed by atoms with van der Waals surface area (Å²) in [5.74, 6) is -1.90. The van der Waals surface area contributed by atoms with E-state index in [9.17, 15) is 8.78 Å². The van der Waals surface area contributed by atoms with Crippen molar-refractivity contribution in [2.24, 2.45) is 0 Å². The van der Waals surface area contributed by atoms with E-state index in [1.54, 1.807) is 13.0 Å². The van der Waals surface area contributed by atoms with Gasteiger partial charge in [-0.3, -0.25) is 0 Å². The number of hydrogen-bond acceptors (Lipinski definition) is 8. The molecule has 1 fully saturated rings. The molecule has 2 atom stereocenters. The minimum atomic E-state index is -3.09. The van der Waals surface area contributed by atoms with E-state index >= 15 is 0 Å². The molecule has 1 aliphatic heterocycles. The topological polar surface area (TPSA) is 102 Å². The Bertz CT molecular complexity index is 1210. The zero-order valence-electron chi connectivity index (χ0n) is 18.7. The first-order chi connectivity index (χ1) is 15.8. The number of pyridine rings is 1. The number of hydrogen-bond donors (Lipinski definition) is 2. The van der Waals surface area contributed by atoms with E-state index in [1.807, 2.05) is 12.1 Å². The second kappa shape index (κ2) is 8.26. The van der Waals surface area contributed by atoms with E-state index in [4.69, 9.17) is 4.52 Å². The van der Waals surface area contributed by atoms with Crippen molar-refractivity contribution in [3.63, 3.8) is 0 Å². The summed E-state index contributed by atoms with van der Waals surface area (Å²) >= 11 is 0. The van der Waals surface area contributed by atoms with Gasteiger partial charge in [-0.15, -0.1) is 0 Å². The Morgan fingerprint density at radius 1 is 1.18 bits per heavy atom.